The van der Waals surface area contributed by atoms with Crippen LogP contribution >= 0.6 is 11.3 Å². The van der Waals surface area contributed by atoms with Crippen LogP contribution in [0.3, 0.4) is 0 Å². The molecule has 5 nitrogen and oxygen atoms in total. The molecule has 1 unspecified atom stereocenters. The van der Waals surface area contributed by atoms with E-state index in [1.54, 1.807) is 13.4 Å². The number of rotatable bonds is 4. The molecule has 0 N–H and O–H groups in total. The summed E-state index contributed by atoms with van der Waals surface area (Å²) >= 11 is 1.43. The summed E-state index contributed by atoms with van der Waals surface area (Å²) < 4.78 is 10.6. The van der Waals surface area contributed by atoms with Crippen LogP contribution < -0.4 is 4.74 Å². The molecule has 6 heteroatoms. The number of furan rings is 1. The van der Waals surface area contributed by atoms with E-state index in [1.807, 2.05) is 46.7 Å². The average Bonchev–Trinajstić information content (AvgIpc) is 3.42. The average molecular weight is 354 g/mol. The fourth-order valence-electron chi connectivity index (χ4n) is 3.21. The smallest absolute Gasteiger partial charge is 0.273 e. The first kappa shape index (κ1) is 15.9. The van der Waals surface area contributed by atoms with E-state index in [-0.39, 0.29) is 11.9 Å². The van der Waals surface area contributed by atoms with E-state index in [0.717, 1.165) is 35.7 Å². The summed E-state index contributed by atoms with van der Waals surface area (Å²) in [5, 5.41) is 2.54. The first-order valence-electron chi connectivity index (χ1n) is 8.20. The first-order chi connectivity index (χ1) is 12.3. The fourth-order valence-corrected chi connectivity index (χ4v) is 3.98. The van der Waals surface area contributed by atoms with Gasteiger partial charge < -0.3 is 14.1 Å². The van der Waals surface area contributed by atoms with Crippen molar-refractivity contribution in [2.24, 2.45) is 0 Å². The number of benzene rings is 1. The lowest BCUT2D eigenvalue weighted by atomic mass is 10.0. The Labute approximate surface area is 149 Å². The molecule has 128 valence electrons. The topological polar surface area (TPSA) is 55.6 Å². The molecule has 1 aliphatic heterocycles. The third-order valence-corrected chi connectivity index (χ3v) is 5.33. The molecule has 1 fully saturated rings. The van der Waals surface area contributed by atoms with Gasteiger partial charge in [0.15, 0.2) is 10.8 Å². The van der Waals surface area contributed by atoms with E-state index in [1.165, 1.54) is 11.3 Å². The molecule has 0 aliphatic carbocycles. The van der Waals surface area contributed by atoms with E-state index < -0.39 is 0 Å². The molecule has 0 radical (unpaired) electrons. The van der Waals surface area contributed by atoms with Crippen molar-refractivity contribution in [2.75, 3.05) is 13.7 Å². The van der Waals surface area contributed by atoms with Gasteiger partial charge in [-0.2, -0.15) is 0 Å². The molecule has 2 aromatic heterocycles. The molecule has 1 saturated heterocycles. The van der Waals surface area contributed by atoms with Gasteiger partial charge in [-0.1, -0.05) is 12.1 Å². The van der Waals surface area contributed by atoms with Gasteiger partial charge in [0.2, 0.25) is 0 Å². The number of aromatic nitrogens is 1. The van der Waals surface area contributed by atoms with Crippen molar-refractivity contribution in [3.8, 4) is 16.5 Å². The Morgan fingerprint density at radius 1 is 1.32 bits per heavy atom. The number of carbonyl (C=O) groups excluding carboxylic acids is 1. The Bertz CT molecular complexity index is 855. The molecule has 3 heterocycles. The number of methoxy groups -OCH3 is 1. The third kappa shape index (κ3) is 3.05. The molecule has 25 heavy (non-hydrogen) atoms. The van der Waals surface area contributed by atoms with Gasteiger partial charge >= 0.3 is 0 Å². The predicted molar refractivity (Wildman–Crippen MR) is 95.8 cm³/mol. The van der Waals surface area contributed by atoms with Crippen LogP contribution in [0.1, 0.15) is 34.9 Å². The standard InChI is InChI=1S/C19H18N2O3S/c1-23-14-8-6-13(7-9-14)16-4-2-10-21(16)19(22)15-12-25-18(20-15)17-5-3-11-24-17/h3,5-9,11-12,16H,2,4,10H2,1H3. The number of ether oxygens (including phenoxy) is 1. The molecule has 1 aromatic carbocycles. The summed E-state index contributed by atoms with van der Waals surface area (Å²) in [6.07, 6.45) is 3.57. The number of nitrogens with zero attached hydrogens (tertiary/aromatic N) is 2. The number of hydrogen-bond donors (Lipinski definition) is 0. The molecule has 1 amide bonds. The molecule has 3 aromatic rings. The SMILES string of the molecule is COc1ccc(C2CCCN2C(=O)c2csc(-c3ccco3)n2)cc1. The second kappa shape index (κ2) is 6.72. The van der Waals surface area contributed by atoms with Crippen molar-refractivity contribution in [3.63, 3.8) is 0 Å². The lowest BCUT2D eigenvalue weighted by Gasteiger charge is -2.24. The summed E-state index contributed by atoms with van der Waals surface area (Å²) in [5.74, 6) is 1.49. The van der Waals surface area contributed by atoms with Crippen molar-refractivity contribution >= 4 is 17.2 Å². The highest BCUT2D eigenvalue weighted by molar-refractivity contribution is 7.13. The largest absolute Gasteiger partial charge is 0.497 e. The highest BCUT2D eigenvalue weighted by atomic mass is 32.1. The van der Waals surface area contributed by atoms with Crippen molar-refractivity contribution < 1.29 is 13.9 Å². The summed E-state index contributed by atoms with van der Waals surface area (Å²) in [7, 11) is 1.65. The Balaban J connectivity index is 1.56. The maximum absolute atomic E-state index is 13.0. The molecule has 4 rings (SSSR count). The van der Waals surface area contributed by atoms with Crippen LogP contribution in [-0.2, 0) is 0 Å². The number of amides is 1. The van der Waals surface area contributed by atoms with Crippen LogP contribution in [0.4, 0.5) is 0 Å². The predicted octanol–water partition coefficient (Wildman–Crippen LogP) is 4.39. The normalized spacial score (nSPS) is 17.0. The minimum absolute atomic E-state index is 0.0209. The molecule has 0 saturated carbocycles. The molecule has 0 spiro atoms. The summed E-state index contributed by atoms with van der Waals surface area (Å²) in [4.78, 5) is 19.3. The summed E-state index contributed by atoms with van der Waals surface area (Å²) in [5.41, 5.74) is 1.62. The van der Waals surface area contributed by atoms with Gasteiger partial charge in [-0.05, 0) is 42.7 Å². The molecule has 1 atom stereocenters. The Morgan fingerprint density at radius 3 is 2.88 bits per heavy atom. The molecule has 0 bridgehead atoms. The zero-order chi connectivity index (χ0) is 17.2. The van der Waals surface area contributed by atoms with Gasteiger partial charge in [0.05, 0.1) is 19.4 Å². The van der Waals surface area contributed by atoms with Crippen molar-refractivity contribution in [3.05, 3.63) is 59.3 Å². The van der Waals surface area contributed by atoms with E-state index in [9.17, 15) is 4.79 Å². The monoisotopic (exact) mass is 354 g/mol. The van der Waals surface area contributed by atoms with E-state index in [0.29, 0.717) is 11.5 Å². The lowest BCUT2D eigenvalue weighted by Crippen LogP contribution is -2.30. The van der Waals surface area contributed by atoms with Gasteiger partial charge in [0.1, 0.15) is 11.4 Å². The zero-order valence-electron chi connectivity index (χ0n) is 13.8. The van der Waals surface area contributed by atoms with Crippen LogP contribution in [0.5, 0.6) is 5.75 Å². The van der Waals surface area contributed by atoms with E-state index >= 15 is 0 Å². The zero-order valence-corrected chi connectivity index (χ0v) is 14.7. The van der Waals surface area contributed by atoms with Crippen LogP contribution in [0.15, 0.2) is 52.5 Å². The van der Waals surface area contributed by atoms with Crippen LogP contribution in [0.25, 0.3) is 10.8 Å². The number of carbonyl (C=O) groups is 1. The quantitative estimate of drug-likeness (QED) is 0.697. The van der Waals surface area contributed by atoms with E-state index in [2.05, 4.69) is 4.98 Å². The second-order valence-corrected chi connectivity index (χ2v) is 6.80. The van der Waals surface area contributed by atoms with Gasteiger partial charge in [-0.15, -0.1) is 11.3 Å². The maximum Gasteiger partial charge on any atom is 0.273 e. The van der Waals surface area contributed by atoms with Gasteiger partial charge in [-0.3, -0.25) is 4.79 Å². The van der Waals surface area contributed by atoms with Crippen molar-refractivity contribution in [1.29, 1.82) is 0 Å². The maximum atomic E-state index is 13.0. The molecule has 1 aliphatic rings. The van der Waals surface area contributed by atoms with Crippen LogP contribution in [0.2, 0.25) is 0 Å². The number of likely N-dealkylation sites (tertiary alicyclic amines) is 1. The Hall–Kier alpha value is -2.60. The van der Waals surface area contributed by atoms with Crippen LogP contribution in [-0.4, -0.2) is 29.4 Å². The Morgan fingerprint density at radius 2 is 2.16 bits per heavy atom. The highest BCUT2D eigenvalue weighted by Gasteiger charge is 2.31. The minimum atomic E-state index is -0.0209. The summed E-state index contributed by atoms with van der Waals surface area (Å²) in [6.45, 7) is 0.753. The molecular weight excluding hydrogens is 336 g/mol. The van der Waals surface area contributed by atoms with Crippen LogP contribution in [0, 0.1) is 0 Å². The van der Waals surface area contributed by atoms with E-state index in [4.69, 9.17) is 9.15 Å². The lowest BCUT2D eigenvalue weighted by molar-refractivity contribution is 0.0730. The highest BCUT2D eigenvalue weighted by Crippen LogP contribution is 2.34. The van der Waals surface area contributed by atoms with Crippen molar-refractivity contribution in [2.45, 2.75) is 18.9 Å². The van der Waals surface area contributed by atoms with Crippen molar-refractivity contribution in [1.82, 2.24) is 9.88 Å². The van der Waals surface area contributed by atoms with Gasteiger partial charge in [0, 0.05) is 11.9 Å². The Kier molecular flexibility index (Phi) is 4.28. The summed E-state index contributed by atoms with van der Waals surface area (Å²) in [6, 6.07) is 11.7. The third-order valence-electron chi connectivity index (χ3n) is 4.47. The fraction of sp³-hybridized carbons (Fsp3) is 0.263. The second-order valence-electron chi connectivity index (χ2n) is 5.94. The van der Waals surface area contributed by atoms with Gasteiger partial charge in [-0.25, -0.2) is 4.98 Å². The first-order valence-corrected chi connectivity index (χ1v) is 9.08. The molecular formula is C19H18N2O3S. The number of thiazole rings is 1. The number of hydrogen-bond acceptors (Lipinski definition) is 5. The minimum Gasteiger partial charge on any atom is -0.497 e. The van der Waals surface area contributed by atoms with Gasteiger partial charge in [0.25, 0.3) is 5.91 Å².